The lowest BCUT2D eigenvalue weighted by Gasteiger charge is -2.16. The number of ether oxygens (including phenoxy) is 1. The van der Waals surface area contributed by atoms with Gasteiger partial charge in [0, 0.05) is 16.6 Å². The number of carbonyl (C=O) groups excluding carboxylic acids is 3. The molecule has 0 N–H and O–H groups in total. The highest BCUT2D eigenvalue weighted by atomic mass is 16.6. The highest BCUT2D eigenvalue weighted by Gasteiger charge is 2.34. The summed E-state index contributed by atoms with van der Waals surface area (Å²) in [5.74, 6) is -0.654. The second-order valence-electron chi connectivity index (χ2n) is 4.80. The summed E-state index contributed by atoms with van der Waals surface area (Å²) in [5.41, 5.74) is 8.93. The van der Waals surface area contributed by atoms with E-state index in [0.29, 0.717) is 24.0 Å². The van der Waals surface area contributed by atoms with E-state index in [4.69, 9.17) is 10.3 Å². The van der Waals surface area contributed by atoms with Gasteiger partial charge in [0.2, 0.25) is 0 Å². The quantitative estimate of drug-likeness (QED) is 0.264. The van der Waals surface area contributed by atoms with E-state index in [1.54, 1.807) is 24.3 Å². The van der Waals surface area contributed by atoms with Gasteiger partial charge in [0.1, 0.15) is 6.10 Å². The van der Waals surface area contributed by atoms with Crippen LogP contribution in [0.4, 0.5) is 4.79 Å². The molecule has 1 aliphatic rings. The topological polar surface area (TPSA) is 112 Å². The highest BCUT2D eigenvalue weighted by Crippen LogP contribution is 2.22. The van der Waals surface area contributed by atoms with Gasteiger partial charge in [0.05, 0.1) is 11.1 Å². The third-order valence-corrected chi connectivity index (χ3v) is 3.39. The maximum Gasteiger partial charge on any atom is 0.397 e. The monoisotopic (exact) mass is 314 g/mol. The maximum absolute atomic E-state index is 12.2. The van der Waals surface area contributed by atoms with Crippen molar-refractivity contribution in [3.05, 3.63) is 58.5 Å². The first-order chi connectivity index (χ1) is 11.1. The van der Waals surface area contributed by atoms with Crippen molar-refractivity contribution in [3.8, 4) is 0 Å². The number of benzene rings is 1. The van der Waals surface area contributed by atoms with Crippen LogP contribution in [-0.4, -0.2) is 35.5 Å². The van der Waals surface area contributed by atoms with Gasteiger partial charge in [-0.2, -0.15) is 0 Å². The van der Waals surface area contributed by atoms with Gasteiger partial charge in [-0.1, -0.05) is 24.8 Å². The van der Waals surface area contributed by atoms with Crippen LogP contribution in [0.5, 0.6) is 0 Å². The summed E-state index contributed by atoms with van der Waals surface area (Å²) >= 11 is 0. The van der Waals surface area contributed by atoms with Crippen LogP contribution in [0.15, 0.2) is 42.0 Å². The Morgan fingerprint density at radius 3 is 2.48 bits per heavy atom. The average molecular weight is 314 g/mol. The van der Waals surface area contributed by atoms with Gasteiger partial charge < -0.3 is 4.74 Å². The molecule has 118 valence electrons. The molecule has 0 aliphatic carbocycles. The molecule has 1 aromatic rings. The number of nitrogens with zero attached hydrogens (tertiary/aromatic N) is 4. The number of hydrogen-bond acceptors (Lipinski definition) is 4. The van der Waals surface area contributed by atoms with E-state index in [1.165, 1.54) is 11.0 Å². The molecule has 0 aromatic heterocycles. The first kappa shape index (κ1) is 16.3. The molecular formula is C15H14N4O4. The Bertz CT molecular complexity index is 674. The molecule has 8 heteroatoms. The van der Waals surface area contributed by atoms with E-state index < -0.39 is 12.2 Å². The zero-order chi connectivity index (χ0) is 16.8. The maximum atomic E-state index is 12.2. The molecule has 0 saturated carbocycles. The molecule has 1 heterocycles. The van der Waals surface area contributed by atoms with E-state index in [-0.39, 0.29) is 18.4 Å². The summed E-state index contributed by atoms with van der Waals surface area (Å²) in [6.45, 7) is 3.73. The van der Waals surface area contributed by atoms with Crippen LogP contribution >= 0.6 is 0 Å². The van der Waals surface area contributed by atoms with Gasteiger partial charge in [-0.15, -0.1) is 0 Å². The first-order valence-corrected chi connectivity index (χ1v) is 6.92. The van der Waals surface area contributed by atoms with Gasteiger partial charge in [0.15, 0.2) is 0 Å². The summed E-state index contributed by atoms with van der Waals surface area (Å²) in [4.78, 5) is 38.9. The van der Waals surface area contributed by atoms with Gasteiger partial charge in [-0.3, -0.25) is 14.5 Å². The molecule has 0 saturated heterocycles. The number of amides is 3. The van der Waals surface area contributed by atoms with Crippen molar-refractivity contribution in [1.82, 2.24) is 4.90 Å². The fourth-order valence-corrected chi connectivity index (χ4v) is 2.31. The van der Waals surface area contributed by atoms with Crippen LogP contribution in [0.2, 0.25) is 0 Å². The lowest BCUT2D eigenvalue weighted by molar-refractivity contribution is 0.0640. The molecule has 23 heavy (non-hydrogen) atoms. The van der Waals surface area contributed by atoms with Crippen LogP contribution < -0.4 is 0 Å². The molecule has 0 fully saturated rings. The molecule has 0 radical (unpaired) electrons. The van der Waals surface area contributed by atoms with Gasteiger partial charge in [-0.25, -0.2) is 4.79 Å². The second-order valence-corrected chi connectivity index (χ2v) is 4.80. The molecule has 1 aromatic carbocycles. The Morgan fingerprint density at radius 2 is 1.96 bits per heavy atom. The number of fused-ring (bicyclic) bond motifs is 1. The summed E-state index contributed by atoms with van der Waals surface area (Å²) in [5, 5.41) is 2.80. The van der Waals surface area contributed by atoms with Crippen LogP contribution in [0, 0.1) is 0 Å². The van der Waals surface area contributed by atoms with E-state index in [9.17, 15) is 14.4 Å². The van der Waals surface area contributed by atoms with Crippen LogP contribution in [0.1, 0.15) is 33.6 Å². The van der Waals surface area contributed by atoms with Gasteiger partial charge in [-0.05, 0) is 30.5 Å². The Labute approximate surface area is 132 Å². The largest absolute Gasteiger partial charge is 0.453 e. The Balaban J connectivity index is 1.91. The first-order valence-electron chi connectivity index (χ1n) is 6.92. The van der Waals surface area contributed by atoms with Crippen molar-refractivity contribution < 1.29 is 19.1 Å². The Hall–Kier alpha value is -3.12. The minimum Gasteiger partial charge on any atom is -0.453 e. The lowest BCUT2D eigenvalue weighted by atomic mass is 10.1. The molecule has 8 nitrogen and oxygen atoms in total. The molecule has 1 atom stereocenters. The van der Waals surface area contributed by atoms with Crippen molar-refractivity contribution in [3.63, 3.8) is 0 Å². The van der Waals surface area contributed by atoms with Crippen molar-refractivity contribution in [2.75, 3.05) is 6.54 Å². The fourth-order valence-electron chi connectivity index (χ4n) is 2.31. The molecule has 0 spiro atoms. The van der Waals surface area contributed by atoms with Gasteiger partial charge in [0.25, 0.3) is 11.8 Å². The van der Waals surface area contributed by atoms with Crippen LogP contribution in [0.25, 0.3) is 10.4 Å². The number of imide groups is 1. The molecule has 1 aliphatic heterocycles. The molecule has 0 bridgehead atoms. The Kier molecular flexibility index (Phi) is 5.11. The second kappa shape index (κ2) is 7.24. The minimum atomic E-state index is -1.04. The number of azide groups is 1. The van der Waals surface area contributed by atoms with E-state index >= 15 is 0 Å². The number of rotatable bonds is 6. The zero-order valence-corrected chi connectivity index (χ0v) is 12.2. The van der Waals surface area contributed by atoms with Crippen LogP contribution in [-0.2, 0) is 4.74 Å². The average Bonchev–Trinajstić information content (AvgIpc) is 2.79. The van der Waals surface area contributed by atoms with E-state index in [1.807, 2.05) is 0 Å². The third kappa shape index (κ3) is 3.56. The lowest BCUT2D eigenvalue weighted by Crippen LogP contribution is -2.31. The Morgan fingerprint density at radius 1 is 1.35 bits per heavy atom. The fraction of sp³-hybridized carbons (Fsp3) is 0.267. The summed E-state index contributed by atoms with van der Waals surface area (Å²) in [7, 11) is 0. The number of hydrogen-bond donors (Lipinski definition) is 0. The van der Waals surface area contributed by atoms with Crippen molar-refractivity contribution in [2.24, 2.45) is 5.11 Å². The summed E-state index contributed by atoms with van der Waals surface area (Å²) in [6, 6.07) is 6.64. The molecular weight excluding hydrogens is 300 g/mol. The summed E-state index contributed by atoms with van der Waals surface area (Å²) in [6.07, 6.45) is 0.476. The highest BCUT2D eigenvalue weighted by molar-refractivity contribution is 6.21. The normalized spacial score (nSPS) is 14.0. The van der Waals surface area contributed by atoms with Crippen molar-refractivity contribution in [1.29, 1.82) is 0 Å². The van der Waals surface area contributed by atoms with Gasteiger partial charge >= 0.3 is 6.09 Å². The standard InChI is InChI=1S/C15H14N4O4/c1-2-10(23-15(22)17-18-16)6-5-9-19-13(20)11-7-3-4-8-12(11)14(19)21/h2-4,7-8,10H,1,5-6,9H2. The predicted octanol–water partition coefficient (Wildman–Crippen LogP) is 3.06. The zero-order valence-electron chi connectivity index (χ0n) is 12.2. The SMILES string of the molecule is C=CC(CCCN1C(=O)c2ccccc2C1=O)OC(=O)N=[N+]=[N-]. The van der Waals surface area contributed by atoms with E-state index in [2.05, 4.69) is 16.6 Å². The van der Waals surface area contributed by atoms with Crippen molar-refractivity contribution >= 4 is 17.9 Å². The van der Waals surface area contributed by atoms with Crippen molar-refractivity contribution in [2.45, 2.75) is 18.9 Å². The van der Waals surface area contributed by atoms with Crippen LogP contribution in [0.3, 0.4) is 0 Å². The number of carbonyl (C=O) groups is 3. The predicted molar refractivity (Wildman–Crippen MR) is 80.7 cm³/mol. The third-order valence-electron chi connectivity index (χ3n) is 3.39. The molecule has 1 unspecified atom stereocenters. The molecule has 2 rings (SSSR count). The molecule has 3 amide bonds. The smallest absolute Gasteiger partial charge is 0.397 e. The van der Waals surface area contributed by atoms with E-state index in [0.717, 1.165) is 0 Å². The summed E-state index contributed by atoms with van der Waals surface area (Å²) < 4.78 is 4.85. The minimum absolute atomic E-state index is 0.204.